The van der Waals surface area contributed by atoms with Crippen molar-refractivity contribution in [2.45, 2.75) is 40.3 Å². The standard InChI is InChI=1S/C23H22Cl2N2O5/c1-5-31-23(30)21(13(3)28)32-22(29)16-8-12(2)20-19(9-16)27(14(4)26-20)11-15-6-7-17(24)10-18(15)25/h6-10,21H,5,11H2,1-4H3. The Morgan fingerprint density at radius 2 is 1.84 bits per heavy atom. The minimum absolute atomic E-state index is 0.0664. The first-order valence-electron chi connectivity index (χ1n) is 9.91. The first-order valence-corrected chi connectivity index (χ1v) is 10.7. The van der Waals surface area contributed by atoms with Gasteiger partial charge in [0.25, 0.3) is 6.10 Å². The zero-order chi connectivity index (χ0) is 23.6. The number of carbonyl (C=O) groups excluding carboxylic acids is 3. The molecule has 9 heteroatoms. The third-order valence-corrected chi connectivity index (χ3v) is 5.50. The van der Waals surface area contributed by atoms with Gasteiger partial charge in [0.15, 0.2) is 5.78 Å². The summed E-state index contributed by atoms with van der Waals surface area (Å²) >= 11 is 12.3. The summed E-state index contributed by atoms with van der Waals surface area (Å²) in [6.07, 6.45) is -1.61. The molecule has 0 N–H and O–H groups in total. The van der Waals surface area contributed by atoms with Gasteiger partial charge in [-0.25, -0.2) is 14.6 Å². The summed E-state index contributed by atoms with van der Waals surface area (Å²) in [6, 6.07) is 8.48. The molecule has 1 aromatic heterocycles. The maximum atomic E-state index is 12.8. The quantitative estimate of drug-likeness (QED) is 0.363. The second-order valence-corrected chi connectivity index (χ2v) is 8.13. The highest BCUT2D eigenvalue weighted by Gasteiger charge is 2.30. The molecule has 32 heavy (non-hydrogen) atoms. The number of Topliss-reactive ketones (excluding diaryl/α,β-unsaturated/α-hetero) is 1. The molecule has 0 spiro atoms. The Hall–Kier alpha value is -2.90. The fraction of sp³-hybridized carbons (Fsp3) is 0.304. The van der Waals surface area contributed by atoms with E-state index in [9.17, 15) is 14.4 Å². The molecule has 3 aromatic rings. The number of halogens is 2. The number of carbonyl (C=O) groups is 3. The molecule has 0 aliphatic rings. The summed E-state index contributed by atoms with van der Waals surface area (Å²) in [5.41, 5.74) is 3.18. The molecule has 0 aliphatic carbocycles. The van der Waals surface area contributed by atoms with Crippen molar-refractivity contribution in [1.29, 1.82) is 0 Å². The molecule has 168 valence electrons. The van der Waals surface area contributed by atoms with E-state index in [4.69, 9.17) is 32.7 Å². The Kier molecular flexibility index (Phi) is 7.21. The Labute approximate surface area is 195 Å². The van der Waals surface area contributed by atoms with Crippen LogP contribution in [0.15, 0.2) is 30.3 Å². The van der Waals surface area contributed by atoms with Crippen molar-refractivity contribution in [1.82, 2.24) is 9.55 Å². The molecule has 1 atom stereocenters. The van der Waals surface area contributed by atoms with Crippen LogP contribution in [-0.2, 0) is 25.6 Å². The van der Waals surface area contributed by atoms with Crippen LogP contribution in [0.25, 0.3) is 11.0 Å². The minimum atomic E-state index is -1.61. The number of ether oxygens (including phenoxy) is 2. The van der Waals surface area contributed by atoms with E-state index in [-0.39, 0.29) is 12.2 Å². The fourth-order valence-electron chi connectivity index (χ4n) is 3.34. The minimum Gasteiger partial charge on any atom is -0.463 e. The highest BCUT2D eigenvalue weighted by molar-refractivity contribution is 6.35. The van der Waals surface area contributed by atoms with E-state index in [1.807, 2.05) is 24.5 Å². The highest BCUT2D eigenvalue weighted by Crippen LogP contribution is 2.27. The van der Waals surface area contributed by atoms with E-state index in [1.54, 1.807) is 31.2 Å². The van der Waals surface area contributed by atoms with E-state index in [0.29, 0.717) is 22.1 Å². The first-order chi connectivity index (χ1) is 15.1. The molecule has 2 aromatic carbocycles. The number of imidazole rings is 1. The predicted molar refractivity (Wildman–Crippen MR) is 121 cm³/mol. The Morgan fingerprint density at radius 1 is 1.12 bits per heavy atom. The van der Waals surface area contributed by atoms with E-state index < -0.39 is 23.8 Å². The van der Waals surface area contributed by atoms with E-state index in [0.717, 1.165) is 29.4 Å². The van der Waals surface area contributed by atoms with Crippen LogP contribution in [0, 0.1) is 13.8 Å². The molecule has 0 bridgehead atoms. The van der Waals surface area contributed by atoms with Crippen molar-refractivity contribution < 1.29 is 23.9 Å². The third kappa shape index (κ3) is 4.95. The lowest BCUT2D eigenvalue weighted by atomic mass is 10.1. The normalized spacial score (nSPS) is 11.9. The Bertz CT molecular complexity index is 1220. The number of aryl methyl sites for hydroxylation is 2. The van der Waals surface area contributed by atoms with Crippen LogP contribution in [-0.4, -0.2) is 40.0 Å². The molecule has 0 amide bonds. The van der Waals surface area contributed by atoms with Crippen molar-refractivity contribution >= 4 is 52.0 Å². The Morgan fingerprint density at radius 3 is 2.47 bits per heavy atom. The maximum Gasteiger partial charge on any atom is 0.355 e. The van der Waals surface area contributed by atoms with Crippen LogP contribution in [0.1, 0.15) is 41.2 Å². The average Bonchev–Trinajstić information content (AvgIpc) is 3.03. The van der Waals surface area contributed by atoms with Gasteiger partial charge in [-0.3, -0.25) is 4.79 Å². The van der Waals surface area contributed by atoms with Gasteiger partial charge in [-0.1, -0.05) is 29.3 Å². The van der Waals surface area contributed by atoms with Gasteiger partial charge in [0.1, 0.15) is 5.82 Å². The van der Waals surface area contributed by atoms with Gasteiger partial charge in [0.2, 0.25) is 0 Å². The molecule has 0 fully saturated rings. The van der Waals surface area contributed by atoms with Crippen molar-refractivity contribution in [3.05, 3.63) is 62.9 Å². The van der Waals surface area contributed by atoms with E-state index in [2.05, 4.69) is 4.98 Å². The monoisotopic (exact) mass is 476 g/mol. The third-order valence-electron chi connectivity index (χ3n) is 4.91. The molecule has 3 rings (SSSR count). The number of aromatic nitrogens is 2. The fourth-order valence-corrected chi connectivity index (χ4v) is 3.80. The molecule has 1 heterocycles. The largest absolute Gasteiger partial charge is 0.463 e. The number of esters is 2. The molecule has 0 radical (unpaired) electrons. The average molecular weight is 477 g/mol. The molecule has 1 unspecified atom stereocenters. The smallest absolute Gasteiger partial charge is 0.355 e. The molecule has 0 aliphatic heterocycles. The number of hydrogen-bond acceptors (Lipinski definition) is 6. The summed E-state index contributed by atoms with van der Waals surface area (Å²) in [6.45, 7) is 6.92. The van der Waals surface area contributed by atoms with Crippen LogP contribution in [0.2, 0.25) is 10.0 Å². The van der Waals surface area contributed by atoms with Gasteiger partial charge in [-0.15, -0.1) is 0 Å². The summed E-state index contributed by atoms with van der Waals surface area (Å²) < 4.78 is 11.9. The zero-order valence-electron chi connectivity index (χ0n) is 18.1. The predicted octanol–water partition coefficient (Wildman–Crippen LogP) is 4.69. The van der Waals surface area contributed by atoms with Gasteiger partial charge in [-0.05, 0) is 63.1 Å². The number of ketones is 1. The van der Waals surface area contributed by atoms with Crippen LogP contribution in [0.5, 0.6) is 0 Å². The van der Waals surface area contributed by atoms with Crippen molar-refractivity contribution in [2.75, 3.05) is 6.61 Å². The van der Waals surface area contributed by atoms with Crippen LogP contribution in [0.3, 0.4) is 0 Å². The molecule has 0 saturated heterocycles. The van der Waals surface area contributed by atoms with E-state index in [1.165, 1.54) is 0 Å². The van der Waals surface area contributed by atoms with Gasteiger partial charge in [0, 0.05) is 10.0 Å². The van der Waals surface area contributed by atoms with Crippen molar-refractivity contribution in [3.63, 3.8) is 0 Å². The number of benzene rings is 2. The topological polar surface area (TPSA) is 87.5 Å². The lowest BCUT2D eigenvalue weighted by Crippen LogP contribution is -2.35. The molecule has 7 nitrogen and oxygen atoms in total. The molecule has 0 saturated carbocycles. The number of nitrogens with zero attached hydrogens (tertiary/aromatic N) is 2. The summed E-state index contributed by atoms with van der Waals surface area (Å²) in [4.78, 5) is 41.2. The number of rotatable bonds is 7. The second kappa shape index (κ2) is 9.71. The van der Waals surface area contributed by atoms with Gasteiger partial charge >= 0.3 is 11.9 Å². The van der Waals surface area contributed by atoms with E-state index >= 15 is 0 Å². The van der Waals surface area contributed by atoms with Crippen LogP contribution < -0.4 is 0 Å². The molecular weight excluding hydrogens is 455 g/mol. The van der Waals surface area contributed by atoms with Crippen molar-refractivity contribution in [2.24, 2.45) is 0 Å². The lowest BCUT2D eigenvalue weighted by molar-refractivity contribution is -0.157. The van der Waals surface area contributed by atoms with Gasteiger partial charge in [-0.2, -0.15) is 0 Å². The lowest BCUT2D eigenvalue weighted by Gasteiger charge is -2.14. The van der Waals surface area contributed by atoms with Crippen LogP contribution in [0.4, 0.5) is 0 Å². The highest BCUT2D eigenvalue weighted by atomic mass is 35.5. The van der Waals surface area contributed by atoms with Gasteiger partial charge < -0.3 is 14.0 Å². The zero-order valence-corrected chi connectivity index (χ0v) is 19.6. The summed E-state index contributed by atoms with van der Waals surface area (Å²) in [5, 5.41) is 1.05. The summed E-state index contributed by atoms with van der Waals surface area (Å²) in [7, 11) is 0. The second-order valence-electron chi connectivity index (χ2n) is 7.29. The van der Waals surface area contributed by atoms with Gasteiger partial charge in [0.05, 0.1) is 29.7 Å². The van der Waals surface area contributed by atoms with Crippen LogP contribution >= 0.6 is 23.2 Å². The first kappa shape index (κ1) is 23.8. The SMILES string of the molecule is CCOC(=O)C(OC(=O)c1cc(C)c2nc(C)n(Cc3ccc(Cl)cc3Cl)c2c1)C(C)=O. The summed E-state index contributed by atoms with van der Waals surface area (Å²) in [5.74, 6) is -1.59. The molecular formula is C23H22Cl2N2O5. The Balaban J connectivity index is 1.99. The van der Waals surface area contributed by atoms with Crippen molar-refractivity contribution in [3.8, 4) is 0 Å². The number of fused-ring (bicyclic) bond motifs is 1. The maximum absolute atomic E-state index is 12.8. The number of hydrogen-bond donors (Lipinski definition) is 0.